The quantitative estimate of drug-likeness (QED) is 0.676. The largest absolute Gasteiger partial charge is 0.271 e. The molecule has 19 heavy (non-hydrogen) atoms. The topological polar surface area (TPSA) is 41.5 Å². The molecular formula is C12H7Cl2FN2OS. The standard InChI is InChI=1S/C12H7Cl2FN2OS/c13-9-3-1-7(5-10(9)14)12(18)17-16-6-8-2-4-11(15)19-8/h1-6H,(H,17,18). The van der Waals surface area contributed by atoms with E-state index in [4.69, 9.17) is 23.2 Å². The Bertz CT molecular complexity index is 642. The highest BCUT2D eigenvalue weighted by Crippen LogP contribution is 2.22. The molecule has 0 atom stereocenters. The molecule has 98 valence electrons. The molecule has 2 aromatic rings. The number of thiophene rings is 1. The third-order valence-corrected chi connectivity index (χ3v) is 3.68. The number of carbonyl (C=O) groups excluding carboxylic acids is 1. The van der Waals surface area contributed by atoms with Crippen molar-refractivity contribution in [3.63, 3.8) is 0 Å². The van der Waals surface area contributed by atoms with Crippen LogP contribution < -0.4 is 5.43 Å². The van der Waals surface area contributed by atoms with Gasteiger partial charge in [0.2, 0.25) is 0 Å². The molecule has 0 aliphatic heterocycles. The molecule has 3 nitrogen and oxygen atoms in total. The van der Waals surface area contributed by atoms with Crippen molar-refractivity contribution in [1.82, 2.24) is 5.43 Å². The van der Waals surface area contributed by atoms with Crippen LogP contribution in [0.15, 0.2) is 35.4 Å². The molecular weight excluding hydrogens is 310 g/mol. The lowest BCUT2D eigenvalue weighted by molar-refractivity contribution is 0.0955. The number of hydrogen-bond acceptors (Lipinski definition) is 3. The van der Waals surface area contributed by atoms with E-state index in [1.165, 1.54) is 30.5 Å². The molecule has 0 unspecified atom stereocenters. The lowest BCUT2D eigenvalue weighted by atomic mass is 10.2. The molecule has 0 bridgehead atoms. The molecule has 7 heteroatoms. The Balaban J connectivity index is 2.01. The summed E-state index contributed by atoms with van der Waals surface area (Å²) in [5, 5.41) is 4.08. The zero-order valence-electron chi connectivity index (χ0n) is 9.36. The van der Waals surface area contributed by atoms with Crippen molar-refractivity contribution in [2.75, 3.05) is 0 Å². The second-order valence-corrected chi connectivity index (χ2v) is 5.35. The van der Waals surface area contributed by atoms with Gasteiger partial charge in [-0.05, 0) is 30.3 Å². The van der Waals surface area contributed by atoms with Crippen molar-refractivity contribution in [3.8, 4) is 0 Å². The predicted molar refractivity (Wildman–Crippen MR) is 75.8 cm³/mol. The first-order valence-electron chi connectivity index (χ1n) is 5.10. The fourth-order valence-electron chi connectivity index (χ4n) is 1.25. The van der Waals surface area contributed by atoms with E-state index >= 15 is 0 Å². The number of hydrogen-bond donors (Lipinski definition) is 1. The number of hydrazone groups is 1. The molecule has 0 aliphatic carbocycles. The van der Waals surface area contributed by atoms with Gasteiger partial charge in [-0.2, -0.15) is 9.49 Å². The van der Waals surface area contributed by atoms with E-state index < -0.39 is 5.91 Å². The van der Waals surface area contributed by atoms with Crippen LogP contribution in [0.4, 0.5) is 4.39 Å². The number of halogens is 3. The van der Waals surface area contributed by atoms with Crippen LogP contribution in [0.25, 0.3) is 0 Å². The maximum atomic E-state index is 12.7. The zero-order valence-corrected chi connectivity index (χ0v) is 11.7. The van der Waals surface area contributed by atoms with E-state index in [2.05, 4.69) is 10.5 Å². The lowest BCUT2D eigenvalue weighted by Gasteiger charge is -2.01. The van der Waals surface area contributed by atoms with Gasteiger partial charge >= 0.3 is 0 Å². The van der Waals surface area contributed by atoms with Crippen molar-refractivity contribution in [2.45, 2.75) is 0 Å². The summed E-state index contributed by atoms with van der Waals surface area (Å²) in [6, 6.07) is 7.39. The van der Waals surface area contributed by atoms with Gasteiger partial charge in [0.25, 0.3) is 5.91 Å². The molecule has 0 spiro atoms. The zero-order chi connectivity index (χ0) is 13.8. The van der Waals surface area contributed by atoms with Crippen LogP contribution in [0.2, 0.25) is 10.0 Å². The summed E-state index contributed by atoms with van der Waals surface area (Å²) < 4.78 is 12.7. The molecule has 1 amide bonds. The summed E-state index contributed by atoms with van der Waals surface area (Å²) in [6.07, 6.45) is 1.36. The number of carbonyl (C=O) groups is 1. The average molecular weight is 317 g/mol. The molecule has 1 heterocycles. The molecule has 0 aliphatic rings. The van der Waals surface area contributed by atoms with E-state index in [-0.39, 0.29) is 5.13 Å². The first-order chi connectivity index (χ1) is 9.06. The van der Waals surface area contributed by atoms with E-state index in [1.54, 1.807) is 6.07 Å². The second-order valence-electron chi connectivity index (χ2n) is 3.47. The molecule has 0 saturated carbocycles. The van der Waals surface area contributed by atoms with Crippen LogP contribution in [0, 0.1) is 5.13 Å². The first kappa shape index (κ1) is 14.0. The minimum atomic E-state index is -0.424. The van der Waals surface area contributed by atoms with E-state index in [1.807, 2.05) is 0 Å². The van der Waals surface area contributed by atoms with Gasteiger partial charge < -0.3 is 0 Å². The number of nitrogens with one attached hydrogen (secondary N) is 1. The van der Waals surface area contributed by atoms with Gasteiger partial charge in [-0.25, -0.2) is 5.43 Å². The average Bonchev–Trinajstić information content (AvgIpc) is 2.78. The number of benzene rings is 1. The molecule has 0 saturated heterocycles. The summed E-state index contributed by atoms with van der Waals surface area (Å²) in [4.78, 5) is 12.3. The van der Waals surface area contributed by atoms with Crippen LogP contribution in [0.3, 0.4) is 0 Å². The Morgan fingerprint density at radius 2 is 2.05 bits per heavy atom. The molecule has 0 radical (unpaired) electrons. The van der Waals surface area contributed by atoms with Crippen LogP contribution in [0.5, 0.6) is 0 Å². The normalized spacial score (nSPS) is 10.9. The van der Waals surface area contributed by atoms with E-state index in [0.29, 0.717) is 20.5 Å². The Morgan fingerprint density at radius 1 is 1.26 bits per heavy atom. The first-order valence-corrected chi connectivity index (χ1v) is 6.67. The van der Waals surface area contributed by atoms with E-state index in [9.17, 15) is 9.18 Å². The molecule has 1 aromatic carbocycles. The van der Waals surface area contributed by atoms with Gasteiger partial charge in [0.05, 0.1) is 21.1 Å². The van der Waals surface area contributed by atoms with Crippen LogP contribution in [-0.2, 0) is 0 Å². The molecule has 0 fully saturated rings. The fourth-order valence-corrected chi connectivity index (χ4v) is 2.15. The third kappa shape index (κ3) is 3.76. The maximum Gasteiger partial charge on any atom is 0.271 e. The van der Waals surface area contributed by atoms with Gasteiger partial charge in [0.1, 0.15) is 0 Å². The van der Waals surface area contributed by atoms with Gasteiger partial charge in [-0.1, -0.05) is 23.2 Å². The summed E-state index contributed by atoms with van der Waals surface area (Å²) in [5.41, 5.74) is 2.65. The van der Waals surface area contributed by atoms with Crippen molar-refractivity contribution in [3.05, 3.63) is 55.9 Å². The highest BCUT2D eigenvalue weighted by Gasteiger charge is 2.06. The summed E-state index contributed by atoms with van der Waals surface area (Å²) in [7, 11) is 0. The van der Waals surface area contributed by atoms with Crippen LogP contribution in [0.1, 0.15) is 15.2 Å². The molecule has 2 rings (SSSR count). The SMILES string of the molecule is O=C(NN=Cc1ccc(F)s1)c1ccc(Cl)c(Cl)c1. The van der Waals surface area contributed by atoms with Gasteiger partial charge in [-0.15, -0.1) is 11.3 Å². The van der Waals surface area contributed by atoms with Crippen LogP contribution >= 0.6 is 34.5 Å². The van der Waals surface area contributed by atoms with Crippen molar-refractivity contribution < 1.29 is 9.18 Å². The second kappa shape index (κ2) is 6.14. The smallest absolute Gasteiger partial charge is 0.267 e. The van der Waals surface area contributed by atoms with Gasteiger partial charge in [0, 0.05) is 5.56 Å². The van der Waals surface area contributed by atoms with E-state index in [0.717, 1.165) is 11.3 Å². The van der Waals surface area contributed by atoms with Crippen LogP contribution in [-0.4, -0.2) is 12.1 Å². The summed E-state index contributed by atoms with van der Waals surface area (Å²) in [6.45, 7) is 0. The Kier molecular flexibility index (Phi) is 4.52. The fraction of sp³-hybridized carbons (Fsp3) is 0. The minimum absolute atomic E-state index is 0.290. The Morgan fingerprint density at radius 3 is 2.68 bits per heavy atom. The monoisotopic (exact) mass is 316 g/mol. The minimum Gasteiger partial charge on any atom is -0.267 e. The summed E-state index contributed by atoms with van der Waals surface area (Å²) in [5.74, 6) is -0.424. The molecule has 1 N–H and O–H groups in total. The lowest BCUT2D eigenvalue weighted by Crippen LogP contribution is -2.17. The van der Waals surface area contributed by atoms with Crippen molar-refractivity contribution in [1.29, 1.82) is 0 Å². The Labute approximate surface area is 122 Å². The number of amides is 1. The number of nitrogens with zero attached hydrogens (tertiary/aromatic N) is 1. The third-order valence-electron chi connectivity index (χ3n) is 2.13. The predicted octanol–water partition coefficient (Wildman–Crippen LogP) is 3.96. The van der Waals surface area contributed by atoms with Crippen molar-refractivity contribution in [2.24, 2.45) is 5.10 Å². The summed E-state index contributed by atoms with van der Waals surface area (Å²) >= 11 is 12.5. The highest BCUT2D eigenvalue weighted by atomic mass is 35.5. The van der Waals surface area contributed by atoms with Gasteiger partial charge in [-0.3, -0.25) is 4.79 Å². The number of rotatable bonds is 3. The Hall–Kier alpha value is -1.43. The molecule has 1 aromatic heterocycles. The van der Waals surface area contributed by atoms with Crippen molar-refractivity contribution >= 4 is 46.7 Å². The van der Waals surface area contributed by atoms with Gasteiger partial charge in [0.15, 0.2) is 5.13 Å². The highest BCUT2D eigenvalue weighted by molar-refractivity contribution is 7.12. The maximum absolute atomic E-state index is 12.7.